The lowest BCUT2D eigenvalue weighted by Crippen LogP contribution is -2.46. The smallest absolute Gasteiger partial charge is 0.324 e. The molecule has 2 N–H and O–H groups in total. The molecule has 0 aliphatic carbocycles. The van der Waals surface area contributed by atoms with Crippen LogP contribution in [-0.2, 0) is 21.4 Å². The first-order valence-corrected chi connectivity index (χ1v) is 15.1. The Morgan fingerprint density at radius 2 is 1.85 bits per heavy atom. The molecule has 5 rings (SSSR count). The second-order valence-electron chi connectivity index (χ2n) is 11.1. The third-order valence-electron chi connectivity index (χ3n) is 7.16. The number of ether oxygens (including phenoxy) is 1. The highest BCUT2D eigenvalue weighted by molar-refractivity contribution is 7.92. The fourth-order valence-corrected chi connectivity index (χ4v) is 5.84. The van der Waals surface area contributed by atoms with Gasteiger partial charge in [-0.25, -0.2) is 9.48 Å². The third-order valence-corrected chi connectivity index (χ3v) is 8.37. The van der Waals surface area contributed by atoms with Gasteiger partial charge in [-0.2, -0.15) is 5.10 Å². The van der Waals surface area contributed by atoms with Crippen LogP contribution >= 0.6 is 0 Å². The van der Waals surface area contributed by atoms with Crippen LogP contribution in [0.15, 0.2) is 66.9 Å². The summed E-state index contributed by atoms with van der Waals surface area (Å²) in [7, 11) is 0. The van der Waals surface area contributed by atoms with E-state index in [9.17, 15) is 14.1 Å². The predicted octanol–water partition coefficient (Wildman–Crippen LogP) is 5.25. The summed E-state index contributed by atoms with van der Waals surface area (Å²) >= 11 is -1.06. The molecule has 1 atom stereocenters. The van der Waals surface area contributed by atoms with Crippen molar-refractivity contribution in [2.75, 3.05) is 41.8 Å². The number of aryl methyl sites for hydroxylation is 1. The van der Waals surface area contributed by atoms with Gasteiger partial charge in [0.05, 0.1) is 30.7 Å². The number of aromatic nitrogens is 2. The largest absolute Gasteiger partial charge is 0.616 e. The van der Waals surface area contributed by atoms with Gasteiger partial charge in [0.2, 0.25) is 0 Å². The van der Waals surface area contributed by atoms with Crippen LogP contribution in [0.5, 0.6) is 5.75 Å². The van der Waals surface area contributed by atoms with E-state index < -0.39 is 17.2 Å². The Morgan fingerprint density at radius 1 is 1.07 bits per heavy atom. The maximum atomic E-state index is 13.2. The molecule has 41 heavy (non-hydrogen) atoms. The molecule has 1 unspecified atom stereocenters. The summed E-state index contributed by atoms with van der Waals surface area (Å²) in [4.78, 5) is 27.0. The summed E-state index contributed by atoms with van der Waals surface area (Å²) in [6.45, 7) is 9.74. The second-order valence-corrected chi connectivity index (χ2v) is 12.7. The summed E-state index contributed by atoms with van der Waals surface area (Å²) in [5.74, 6) is 1.69. The highest BCUT2D eigenvalue weighted by Gasteiger charge is 2.26. The Hall–Kier alpha value is -4.02. The maximum Gasteiger partial charge on any atom is 0.324 e. The van der Waals surface area contributed by atoms with Gasteiger partial charge < -0.3 is 19.5 Å². The Labute approximate surface area is 243 Å². The van der Waals surface area contributed by atoms with Crippen molar-refractivity contribution >= 4 is 45.4 Å². The number of carbonyl (C=O) groups is 2. The van der Waals surface area contributed by atoms with Gasteiger partial charge in [0.15, 0.2) is 5.75 Å². The summed E-state index contributed by atoms with van der Waals surface area (Å²) in [6.07, 6.45) is 1.66. The minimum Gasteiger partial charge on any atom is -0.616 e. The van der Waals surface area contributed by atoms with Crippen LogP contribution in [0.1, 0.15) is 31.9 Å². The highest BCUT2D eigenvalue weighted by Crippen LogP contribution is 2.32. The minimum absolute atomic E-state index is 0.0238. The number of carbonyl (C=O) groups excluding carboxylic acids is 2. The van der Waals surface area contributed by atoms with Crippen molar-refractivity contribution in [2.45, 2.75) is 33.1 Å². The van der Waals surface area contributed by atoms with Crippen molar-refractivity contribution in [3.05, 3.63) is 78.0 Å². The molecule has 10 heteroatoms. The lowest BCUT2D eigenvalue weighted by atomic mass is 9.86. The van der Waals surface area contributed by atoms with Gasteiger partial charge in [0, 0.05) is 16.8 Å². The monoisotopic (exact) mass is 573 g/mol. The number of nitrogens with zero attached hydrogens (tertiary/aromatic N) is 3. The molecule has 1 fully saturated rings. The molecule has 3 aromatic carbocycles. The molecule has 1 aliphatic heterocycles. The van der Waals surface area contributed by atoms with E-state index in [0.29, 0.717) is 42.7 Å². The van der Waals surface area contributed by atoms with E-state index in [2.05, 4.69) is 54.7 Å². The normalized spacial score (nSPS) is 15.7. The van der Waals surface area contributed by atoms with Crippen molar-refractivity contribution in [3.8, 4) is 11.4 Å². The molecule has 4 aromatic rings. The quantitative estimate of drug-likeness (QED) is 0.294. The van der Waals surface area contributed by atoms with Crippen LogP contribution in [0.2, 0.25) is 0 Å². The van der Waals surface area contributed by atoms with Crippen LogP contribution in [-0.4, -0.2) is 62.4 Å². The molecule has 1 saturated heterocycles. The topological polar surface area (TPSA) is 112 Å². The van der Waals surface area contributed by atoms with Crippen LogP contribution in [0.4, 0.5) is 16.3 Å². The van der Waals surface area contributed by atoms with Crippen molar-refractivity contribution in [1.29, 1.82) is 0 Å². The van der Waals surface area contributed by atoms with Crippen molar-refractivity contribution in [2.24, 2.45) is 0 Å². The lowest BCUT2D eigenvalue weighted by molar-refractivity contribution is -0.129. The molecule has 0 saturated carbocycles. The molecule has 214 valence electrons. The van der Waals surface area contributed by atoms with Crippen molar-refractivity contribution in [3.63, 3.8) is 0 Å². The van der Waals surface area contributed by atoms with Gasteiger partial charge in [-0.05, 0) is 52.8 Å². The van der Waals surface area contributed by atoms with Crippen LogP contribution in [0.3, 0.4) is 0 Å². The van der Waals surface area contributed by atoms with Gasteiger partial charge >= 0.3 is 6.03 Å². The van der Waals surface area contributed by atoms with Gasteiger partial charge in [-0.1, -0.05) is 57.2 Å². The van der Waals surface area contributed by atoms with Gasteiger partial charge in [0.25, 0.3) is 5.91 Å². The number of anilines is 2. The number of urea groups is 1. The molecular formula is C31H35N5O4S. The van der Waals surface area contributed by atoms with Crippen molar-refractivity contribution in [1.82, 2.24) is 14.7 Å². The van der Waals surface area contributed by atoms with E-state index >= 15 is 0 Å². The van der Waals surface area contributed by atoms with Gasteiger partial charge in [-0.3, -0.25) is 10.1 Å². The number of benzene rings is 3. The predicted molar refractivity (Wildman–Crippen MR) is 164 cm³/mol. The van der Waals surface area contributed by atoms with E-state index in [4.69, 9.17) is 4.74 Å². The van der Waals surface area contributed by atoms with Gasteiger partial charge in [0.1, 0.15) is 23.9 Å². The zero-order valence-corrected chi connectivity index (χ0v) is 24.6. The third kappa shape index (κ3) is 6.49. The number of amides is 3. The first kappa shape index (κ1) is 28.5. The number of hydrogen-bond acceptors (Lipinski definition) is 5. The van der Waals surface area contributed by atoms with Crippen LogP contribution in [0, 0.1) is 6.92 Å². The Kier molecular flexibility index (Phi) is 8.23. The average molecular weight is 574 g/mol. The summed E-state index contributed by atoms with van der Waals surface area (Å²) in [6, 6.07) is 19.0. The van der Waals surface area contributed by atoms with E-state index in [0.717, 1.165) is 22.0 Å². The SMILES string of the molecule is Cc1ccc(C(C)(C)C)cc1-n1nccc1NC(=O)Nc1ccc(OCCN2CC[S+]([O-])CC2=O)c2ccccc12. The first-order valence-electron chi connectivity index (χ1n) is 13.6. The summed E-state index contributed by atoms with van der Waals surface area (Å²) < 4.78 is 19.4. The Balaban J connectivity index is 1.29. The molecule has 0 bridgehead atoms. The van der Waals surface area contributed by atoms with E-state index in [1.165, 1.54) is 5.56 Å². The Bertz CT molecular complexity index is 1580. The molecule has 1 aliphatic rings. The molecule has 1 aromatic heterocycles. The summed E-state index contributed by atoms with van der Waals surface area (Å²) in [5, 5.41) is 12.1. The van der Waals surface area contributed by atoms with Gasteiger partial charge in [-0.15, -0.1) is 0 Å². The molecule has 3 amide bonds. The molecule has 0 spiro atoms. The van der Waals surface area contributed by atoms with E-state index in [-0.39, 0.29) is 17.1 Å². The molecule has 2 heterocycles. The Morgan fingerprint density at radius 3 is 2.61 bits per heavy atom. The first-order chi connectivity index (χ1) is 19.6. The fourth-order valence-electron chi connectivity index (χ4n) is 4.81. The van der Waals surface area contributed by atoms with E-state index in [1.54, 1.807) is 27.9 Å². The average Bonchev–Trinajstić information content (AvgIpc) is 3.38. The number of hydrogen-bond donors (Lipinski definition) is 2. The van der Waals surface area contributed by atoms with Crippen LogP contribution < -0.4 is 15.4 Å². The molecular weight excluding hydrogens is 538 g/mol. The highest BCUT2D eigenvalue weighted by atomic mass is 32.2. The lowest BCUT2D eigenvalue weighted by Gasteiger charge is -2.27. The standard InChI is InChI=1S/C31H35N5O4S/c1-21-9-10-22(31(2,3)4)19-26(21)36-28(13-14-32-36)34-30(38)33-25-11-12-27(24-8-6-5-7-23(24)25)40-17-15-35-16-18-41(39)20-29(35)37/h5-14,19H,15-18,20H2,1-4H3,(H2,33,34,38). The van der Waals surface area contributed by atoms with Crippen LogP contribution in [0.25, 0.3) is 16.5 Å². The zero-order valence-electron chi connectivity index (χ0n) is 23.8. The maximum absolute atomic E-state index is 13.2. The van der Waals surface area contributed by atoms with Crippen molar-refractivity contribution < 1.29 is 18.9 Å². The molecule has 9 nitrogen and oxygen atoms in total. The molecule has 0 radical (unpaired) electrons. The number of rotatable bonds is 7. The second kappa shape index (κ2) is 11.8. The zero-order chi connectivity index (χ0) is 29.1. The number of nitrogens with one attached hydrogen (secondary N) is 2. The summed E-state index contributed by atoms with van der Waals surface area (Å²) in [5.41, 5.74) is 3.74. The van der Waals surface area contributed by atoms with E-state index in [1.807, 2.05) is 37.3 Å². The minimum atomic E-state index is -1.06. The fraction of sp³-hybridized carbons (Fsp3) is 0.323. The number of fused-ring (bicyclic) bond motifs is 1.